The second-order valence-electron chi connectivity index (χ2n) is 7.95. The number of hydroxylamine groups is 2. The molecule has 2 aliphatic heterocycles. The Morgan fingerprint density at radius 2 is 1.91 bits per heavy atom. The standard InChI is InChI=1S/C22H22BrCl2N3O4/c23-17-3-1-2-16(10-17)13-27-14-22(31-21(27)30)6-8-28(9-7-22)32-20(29)26-12-15-4-5-18(24)19(25)11-15/h1-5,10-11H,6-9,12-14H2,(H,26,29). The molecule has 2 aromatic carbocycles. The summed E-state index contributed by atoms with van der Waals surface area (Å²) < 4.78 is 6.73. The molecule has 1 spiro atoms. The van der Waals surface area contributed by atoms with E-state index in [2.05, 4.69) is 21.2 Å². The number of ether oxygens (including phenoxy) is 1. The molecule has 2 saturated heterocycles. The van der Waals surface area contributed by atoms with E-state index in [1.54, 1.807) is 28.2 Å². The maximum atomic E-state index is 12.4. The number of amides is 2. The molecule has 0 aromatic heterocycles. The summed E-state index contributed by atoms with van der Waals surface area (Å²) in [4.78, 5) is 31.7. The Morgan fingerprint density at radius 3 is 2.62 bits per heavy atom. The van der Waals surface area contributed by atoms with Crippen molar-refractivity contribution in [3.8, 4) is 0 Å². The van der Waals surface area contributed by atoms with Gasteiger partial charge in [0.25, 0.3) is 0 Å². The number of hydrogen-bond acceptors (Lipinski definition) is 5. The molecule has 1 N–H and O–H groups in total. The van der Waals surface area contributed by atoms with Gasteiger partial charge in [-0.3, -0.25) is 4.90 Å². The predicted octanol–water partition coefficient (Wildman–Crippen LogP) is 5.38. The lowest BCUT2D eigenvalue weighted by Gasteiger charge is -2.36. The third-order valence-corrected chi connectivity index (χ3v) is 6.80. The summed E-state index contributed by atoms with van der Waals surface area (Å²) in [6, 6.07) is 13.0. The van der Waals surface area contributed by atoms with E-state index < -0.39 is 11.7 Å². The van der Waals surface area contributed by atoms with Crippen LogP contribution in [-0.4, -0.2) is 47.4 Å². The Balaban J connectivity index is 1.24. The monoisotopic (exact) mass is 541 g/mol. The van der Waals surface area contributed by atoms with E-state index in [1.807, 2.05) is 24.3 Å². The molecule has 0 unspecified atom stereocenters. The van der Waals surface area contributed by atoms with Crippen LogP contribution in [0.2, 0.25) is 10.0 Å². The molecule has 2 heterocycles. The van der Waals surface area contributed by atoms with Gasteiger partial charge in [-0.25, -0.2) is 9.59 Å². The van der Waals surface area contributed by atoms with Gasteiger partial charge in [-0.05, 0) is 35.4 Å². The van der Waals surface area contributed by atoms with Gasteiger partial charge in [0.1, 0.15) is 5.60 Å². The molecule has 0 saturated carbocycles. The zero-order valence-electron chi connectivity index (χ0n) is 17.2. The summed E-state index contributed by atoms with van der Waals surface area (Å²) >= 11 is 15.3. The van der Waals surface area contributed by atoms with Crippen molar-refractivity contribution in [3.63, 3.8) is 0 Å². The average molecular weight is 543 g/mol. The maximum absolute atomic E-state index is 12.4. The Labute approximate surface area is 204 Å². The van der Waals surface area contributed by atoms with Crippen LogP contribution in [0.3, 0.4) is 0 Å². The molecule has 4 rings (SSSR count). The largest absolute Gasteiger partial charge is 0.441 e. The molecule has 32 heavy (non-hydrogen) atoms. The maximum Gasteiger partial charge on any atom is 0.426 e. The summed E-state index contributed by atoms with van der Waals surface area (Å²) in [5.74, 6) is 0. The first-order chi connectivity index (χ1) is 15.3. The average Bonchev–Trinajstić information content (AvgIpc) is 3.05. The van der Waals surface area contributed by atoms with E-state index in [1.165, 1.54) is 0 Å². The SMILES string of the molecule is O=C(NCc1ccc(Cl)c(Cl)c1)ON1CCC2(CC1)CN(Cc1cccc(Br)c1)C(=O)O2. The topological polar surface area (TPSA) is 71.1 Å². The minimum Gasteiger partial charge on any atom is -0.441 e. The molecule has 2 aromatic rings. The molecule has 10 heteroatoms. The lowest BCUT2D eigenvalue weighted by atomic mass is 9.92. The van der Waals surface area contributed by atoms with Crippen molar-refractivity contribution in [2.24, 2.45) is 0 Å². The highest BCUT2D eigenvalue weighted by molar-refractivity contribution is 9.10. The van der Waals surface area contributed by atoms with Crippen LogP contribution in [0.5, 0.6) is 0 Å². The van der Waals surface area contributed by atoms with E-state index in [0.29, 0.717) is 49.1 Å². The molecular formula is C22H22BrCl2N3O4. The highest BCUT2D eigenvalue weighted by atomic mass is 79.9. The summed E-state index contributed by atoms with van der Waals surface area (Å²) in [7, 11) is 0. The Morgan fingerprint density at radius 1 is 1.12 bits per heavy atom. The molecule has 0 atom stereocenters. The fourth-order valence-corrected chi connectivity index (χ4v) is 4.66. The molecule has 170 valence electrons. The number of nitrogens with zero attached hydrogens (tertiary/aromatic N) is 2. The van der Waals surface area contributed by atoms with E-state index >= 15 is 0 Å². The molecular weight excluding hydrogens is 521 g/mol. The van der Waals surface area contributed by atoms with Crippen LogP contribution < -0.4 is 5.32 Å². The fraction of sp³-hybridized carbons (Fsp3) is 0.364. The van der Waals surface area contributed by atoms with Gasteiger partial charge in [0, 0.05) is 43.5 Å². The zero-order chi connectivity index (χ0) is 22.7. The van der Waals surface area contributed by atoms with Crippen molar-refractivity contribution in [1.82, 2.24) is 15.3 Å². The second kappa shape index (κ2) is 9.87. The number of rotatable bonds is 5. The third kappa shape index (κ3) is 5.67. The van der Waals surface area contributed by atoms with E-state index in [4.69, 9.17) is 32.8 Å². The first-order valence-electron chi connectivity index (χ1n) is 10.2. The van der Waals surface area contributed by atoms with Crippen molar-refractivity contribution >= 4 is 51.3 Å². The molecule has 2 fully saturated rings. The minimum atomic E-state index is -0.549. The van der Waals surface area contributed by atoms with Gasteiger partial charge in [0.2, 0.25) is 0 Å². The summed E-state index contributed by atoms with van der Waals surface area (Å²) in [5.41, 5.74) is 1.31. The zero-order valence-corrected chi connectivity index (χ0v) is 20.3. The van der Waals surface area contributed by atoms with Crippen molar-refractivity contribution in [1.29, 1.82) is 0 Å². The highest BCUT2D eigenvalue weighted by Gasteiger charge is 2.47. The quantitative estimate of drug-likeness (QED) is 0.549. The number of hydrogen-bond donors (Lipinski definition) is 1. The minimum absolute atomic E-state index is 0.273. The normalized spacial score (nSPS) is 18.0. The molecule has 2 amide bonds. The smallest absolute Gasteiger partial charge is 0.426 e. The van der Waals surface area contributed by atoms with Gasteiger partial charge in [-0.1, -0.05) is 57.3 Å². The van der Waals surface area contributed by atoms with Crippen LogP contribution in [-0.2, 0) is 22.7 Å². The lowest BCUT2D eigenvalue weighted by Crippen LogP contribution is -2.48. The number of carbonyl (C=O) groups is 2. The fourth-order valence-electron chi connectivity index (χ4n) is 3.89. The van der Waals surface area contributed by atoms with Crippen molar-refractivity contribution < 1.29 is 19.2 Å². The van der Waals surface area contributed by atoms with Gasteiger partial charge < -0.3 is 14.9 Å². The Kier molecular flexibility index (Phi) is 7.14. The first-order valence-corrected chi connectivity index (χ1v) is 11.7. The number of piperidine rings is 1. The van der Waals surface area contributed by atoms with Gasteiger partial charge >= 0.3 is 12.2 Å². The van der Waals surface area contributed by atoms with Crippen LogP contribution in [0.15, 0.2) is 46.9 Å². The third-order valence-electron chi connectivity index (χ3n) is 5.57. The van der Waals surface area contributed by atoms with E-state index in [-0.39, 0.29) is 12.6 Å². The Bertz CT molecular complexity index is 1010. The summed E-state index contributed by atoms with van der Waals surface area (Å²) in [6.07, 6.45) is 0.326. The molecule has 2 aliphatic rings. The number of benzene rings is 2. The second-order valence-corrected chi connectivity index (χ2v) is 9.68. The van der Waals surface area contributed by atoms with E-state index in [0.717, 1.165) is 15.6 Å². The molecule has 0 aliphatic carbocycles. The van der Waals surface area contributed by atoms with Gasteiger partial charge in [0.15, 0.2) is 0 Å². The van der Waals surface area contributed by atoms with Crippen molar-refractivity contribution in [2.75, 3.05) is 19.6 Å². The highest BCUT2D eigenvalue weighted by Crippen LogP contribution is 2.34. The van der Waals surface area contributed by atoms with Gasteiger partial charge in [-0.15, -0.1) is 5.06 Å². The molecule has 0 radical (unpaired) electrons. The first kappa shape index (κ1) is 23.2. The lowest BCUT2D eigenvalue weighted by molar-refractivity contribution is -0.142. The van der Waals surface area contributed by atoms with Gasteiger partial charge in [0.05, 0.1) is 16.6 Å². The predicted molar refractivity (Wildman–Crippen MR) is 124 cm³/mol. The number of carbonyl (C=O) groups excluding carboxylic acids is 2. The Hall–Kier alpha value is -2.00. The van der Waals surface area contributed by atoms with Crippen LogP contribution in [0.25, 0.3) is 0 Å². The van der Waals surface area contributed by atoms with Crippen LogP contribution in [0.1, 0.15) is 24.0 Å². The van der Waals surface area contributed by atoms with E-state index in [9.17, 15) is 9.59 Å². The van der Waals surface area contributed by atoms with Crippen LogP contribution in [0, 0.1) is 0 Å². The van der Waals surface area contributed by atoms with Crippen molar-refractivity contribution in [2.45, 2.75) is 31.5 Å². The molecule has 0 bridgehead atoms. The van der Waals surface area contributed by atoms with Crippen LogP contribution >= 0.6 is 39.1 Å². The van der Waals surface area contributed by atoms with Crippen LogP contribution in [0.4, 0.5) is 9.59 Å². The summed E-state index contributed by atoms with van der Waals surface area (Å²) in [5, 5.41) is 5.19. The van der Waals surface area contributed by atoms with Gasteiger partial charge in [-0.2, -0.15) is 0 Å². The summed E-state index contributed by atoms with van der Waals surface area (Å²) in [6.45, 7) is 2.26. The number of nitrogens with one attached hydrogen (secondary N) is 1. The van der Waals surface area contributed by atoms with Crippen molar-refractivity contribution in [3.05, 3.63) is 68.1 Å². The molecule has 7 nitrogen and oxygen atoms in total. The number of halogens is 3.